The number of sulfonamides is 1. The minimum absolute atomic E-state index is 0.0301. The summed E-state index contributed by atoms with van der Waals surface area (Å²) in [6.07, 6.45) is 6.34. The molecule has 34 heavy (non-hydrogen) atoms. The molecular formula is C24H31N3O6S. The molecule has 0 atom stereocenters. The van der Waals surface area contributed by atoms with Crippen molar-refractivity contribution in [3.63, 3.8) is 0 Å². The Kier molecular flexibility index (Phi) is 10.7. The first-order valence-corrected chi connectivity index (χ1v) is 12.8. The van der Waals surface area contributed by atoms with Crippen LogP contribution >= 0.6 is 0 Å². The van der Waals surface area contributed by atoms with Crippen LogP contribution in [-0.2, 0) is 26.2 Å². The molecule has 2 amide bonds. The first-order valence-electron chi connectivity index (χ1n) is 11.3. The van der Waals surface area contributed by atoms with Crippen molar-refractivity contribution < 1.29 is 27.5 Å². The molecule has 0 bridgehead atoms. The summed E-state index contributed by atoms with van der Waals surface area (Å²) in [5.74, 6) is -1.47. The minimum Gasteiger partial charge on any atom is -0.459 e. The number of unbranched alkanes of at least 4 members (excludes halogenated alkanes) is 3. The van der Waals surface area contributed by atoms with Gasteiger partial charge >= 0.3 is 5.97 Å². The van der Waals surface area contributed by atoms with Gasteiger partial charge in [0.2, 0.25) is 0 Å². The monoisotopic (exact) mass is 489 g/mol. The predicted octanol–water partition coefficient (Wildman–Crippen LogP) is 3.35. The highest BCUT2D eigenvalue weighted by Gasteiger charge is 2.19. The summed E-state index contributed by atoms with van der Waals surface area (Å²) < 4.78 is 32.2. The van der Waals surface area contributed by atoms with Gasteiger partial charge in [0.25, 0.3) is 21.8 Å². The maximum absolute atomic E-state index is 12.6. The molecule has 2 rings (SSSR count). The molecule has 0 fully saturated rings. The van der Waals surface area contributed by atoms with E-state index >= 15 is 0 Å². The highest BCUT2D eigenvalue weighted by atomic mass is 32.2. The summed E-state index contributed by atoms with van der Waals surface area (Å²) in [7, 11) is -4.14. The molecule has 9 nitrogen and oxygen atoms in total. The molecule has 0 aliphatic carbocycles. The third-order valence-corrected chi connectivity index (χ3v) is 6.24. The summed E-state index contributed by atoms with van der Waals surface area (Å²) in [6, 6.07) is 8.22. The van der Waals surface area contributed by atoms with Crippen molar-refractivity contribution in [1.29, 1.82) is 0 Å². The van der Waals surface area contributed by atoms with Gasteiger partial charge in [0.15, 0.2) is 0 Å². The number of carbonyl (C=O) groups is 3. The van der Waals surface area contributed by atoms with Crippen LogP contribution in [0.1, 0.15) is 78.8 Å². The van der Waals surface area contributed by atoms with E-state index in [0.717, 1.165) is 25.7 Å². The average molecular weight is 490 g/mol. The third kappa shape index (κ3) is 8.58. The number of nitrogens with zero attached hydrogens (tertiary/aromatic N) is 1. The molecule has 1 heterocycles. The lowest BCUT2D eigenvalue weighted by Crippen LogP contribution is -2.31. The van der Waals surface area contributed by atoms with Gasteiger partial charge in [-0.25, -0.2) is 13.1 Å². The van der Waals surface area contributed by atoms with Crippen LogP contribution in [0.15, 0.2) is 47.5 Å². The molecule has 10 heteroatoms. The molecule has 0 saturated heterocycles. The van der Waals surface area contributed by atoms with E-state index in [1.807, 2.05) is 11.6 Å². The summed E-state index contributed by atoms with van der Waals surface area (Å²) in [6.45, 7) is 4.50. The van der Waals surface area contributed by atoms with E-state index in [1.165, 1.54) is 42.6 Å². The van der Waals surface area contributed by atoms with Crippen LogP contribution in [0.4, 0.5) is 0 Å². The number of hydrogen-bond donors (Lipinski definition) is 2. The molecular weight excluding hydrogens is 458 g/mol. The standard InChI is InChI=1S/C24H31N3O6S/c1-3-5-6-7-15-25-23(29)18-10-13-21(14-11-18)34(31,32)27-24(30)19-9-12-20(26-16-19)17-33-22(28)8-4-2/h9-14,16H,3-8,15,17H2,1-2H3,(H,25,29)(H,27,30). The fourth-order valence-corrected chi connectivity index (χ4v) is 3.93. The molecule has 0 spiro atoms. The third-order valence-electron chi connectivity index (χ3n) is 4.89. The number of benzene rings is 1. The molecule has 0 radical (unpaired) electrons. The molecule has 2 N–H and O–H groups in total. The summed E-state index contributed by atoms with van der Waals surface area (Å²) in [4.78, 5) is 39.9. The lowest BCUT2D eigenvalue weighted by molar-refractivity contribution is -0.145. The van der Waals surface area contributed by atoms with Gasteiger partial charge in [-0.05, 0) is 49.2 Å². The summed E-state index contributed by atoms with van der Waals surface area (Å²) in [5, 5.41) is 2.80. The number of pyridine rings is 1. The van der Waals surface area contributed by atoms with Crippen molar-refractivity contribution in [2.75, 3.05) is 6.54 Å². The van der Waals surface area contributed by atoms with Crippen molar-refractivity contribution >= 4 is 27.8 Å². The summed E-state index contributed by atoms with van der Waals surface area (Å²) >= 11 is 0. The first-order chi connectivity index (χ1) is 16.3. The normalized spacial score (nSPS) is 11.0. The molecule has 184 valence electrons. The largest absolute Gasteiger partial charge is 0.459 e. The number of esters is 1. The van der Waals surface area contributed by atoms with Crippen LogP contribution in [-0.4, -0.2) is 37.7 Å². The van der Waals surface area contributed by atoms with Gasteiger partial charge in [0, 0.05) is 24.7 Å². The van der Waals surface area contributed by atoms with E-state index in [0.29, 0.717) is 30.6 Å². The molecule has 2 aromatic rings. The van der Waals surface area contributed by atoms with Crippen LogP contribution < -0.4 is 10.0 Å². The van der Waals surface area contributed by atoms with E-state index in [9.17, 15) is 22.8 Å². The Labute approximate surface area is 200 Å². The van der Waals surface area contributed by atoms with Crippen LogP contribution in [0.25, 0.3) is 0 Å². The Morgan fingerprint density at radius 2 is 1.59 bits per heavy atom. The summed E-state index contributed by atoms with van der Waals surface area (Å²) in [5.41, 5.74) is 0.801. The Bertz CT molecular complexity index is 1070. The zero-order valence-corrected chi connectivity index (χ0v) is 20.3. The first kappa shape index (κ1) is 27.0. The molecule has 1 aromatic carbocycles. The molecule has 1 aromatic heterocycles. The number of carbonyl (C=O) groups excluding carboxylic acids is 3. The highest BCUT2D eigenvalue weighted by Crippen LogP contribution is 2.12. The number of hydrogen-bond acceptors (Lipinski definition) is 7. The number of rotatable bonds is 13. The Morgan fingerprint density at radius 1 is 0.882 bits per heavy atom. The number of aromatic nitrogens is 1. The predicted molar refractivity (Wildman–Crippen MR) is 127 cm³/mol. The number of amides is 2. The van der Waals surface area contributed by atoms with Crippen molar-refractivity contribution in [3.05, 3.63) is 59.4 Å². The molecule has 0 unspecified atom stereocenters. The highest BCUT2D eigenvalue weighted by molar-refractivity contribution is 7.90. The van der Waals surface area contributed by atoms with Crippen LogP contribution in [0.2, 0.25) is 0 Å². The minimum atomic E-state index is -4.14. The number of ether oxygens (including phenoxy) is 1. The second kappa shape index (κ2) is 13.4. The van der Waals surface area contributed by atoms with E-state index < -0.39 is 15.9 Å². The molecule has 0 aliphatic heterocycles. The topological polar surface area (TPSA) is 132 Å². The van der Waals surface area contributed by atoms with Gasteiger partial charge in [-0.15, -0.1) is 0 Å². The van der Waals surface area contributed by atoms with Gasteiger partial charge in [-0.3, -0.25) is 19.4 Å². The van der Waals surface area contributed by atoms with Gasteiger partial charge < -0.3 is 10.1 Å². The second-order valence-corrected chi connectivity index (χ2v) is 9.41. The lowest BCUT2D eigenvalue weighted by atomic mass is 10.2. The van der Waals surface area contributed by atoms with Crippen LogP contribution in [0, 0.1) is 0 Å². The maximum atomic E-state index is 12.6. The van der Waals surface area contributed by atoms with Crippen molar-refractivity contribution in [1.82, 2.24) is 15.0 Å². The molecule has 0 aliphatic rings. The van der Waals surface area contributed by atoms with Crippen molar-refractivity contribution in [2.45, 2.75) is 63.9 Å². The maximum Gasteiger partial charge on any atom is 0.306 e. The van der Waals surface area contributed by atoms with E-state index in [-0.39, 0.29) is 28.9 Å². The average Bonchev–Trinajstić information content (AvgIpc) is 2.83. The lowest BCUT2D eigenvalue weighted by Gasteiger charge is -2.09. The van der Waals surface area contributed by atoms with Crippen molar-refractivity contribution in [3.8, 4) is 0 Å². The Morgan fingerprint density at radius 3 is 2.21 bits per heavy atom. The quantitative estimate of drug-likeness (QED) is 0.326. The van der Waals surface area contributed by atoms with Gasteiger partial charge in [0.1, 0.15) is 6.61 Å². The number of nitrogens with one attached hydrogen (secondary N) is 2. The van der Waals surface area contributed by atoms with Crippen molar-refractivity contribution in [2.24, 2.45) is 0 Å². The Hall–Kier alpha value is -3.27. The Balaban J connectivity index is 1.92. The van der Waals surface area contributed by atoms with E-state index in [1.54, 1.807) is 0 Å². The second-order valence-electron chi connectivity index (χ2n) is 7.72. The zero-order valence-electron chi connectivity index (χ0n) is 19.5. The fourth-order valence-electron chi connectivity index (χ4n) is 2.96. The van der Waals surface area contributed by atoms with Gasteiger partial charge in [-0.2, -0.15) is 0 Å². The van der Waals surface area contributed by atoms with E-state index in [2.05, 4.69) is 17.2 Å². The van der Waals surface area contributed by atoms with Crippen LogP contribution in [0.5, 0.6) is 0 Å². The van der Waals surface area contributed by atoms with E-state index in [4.69, 9.17) is 4.74 Å². The van der Waals surface area contributed by atoms with Gasteiger partial charge in [0.05, 0.1) is 16.2 Å². The zero-order chi connectivity index (χ0) is 25.0. The van der Waals surface area contributed by atoms with Gasteiger partial charge in [-0.1, -0.05) is 33.1 Å². The van der Waals surface area contributed by atoms with Crippen LogP contribution in [0.3, 0.4) is 0 Å². The smallest absolute Gasteiger partial charge is 0.306 e. The molecule has 0 saturated carbocycles. The SMILES string of the molecule is CCCCCCNC(=O)c1ccc(S(=O)(=O)NC(=O)c2ccc(COC(=O)CCC)nc2)cc1. The fraction of sp³-hybridized carbons (Fsp3) is 0.417.